The molecule has 0 bridgehead atoms. The summed E-state index contributed by atoms with van der Waals surface area (Å²) in [7, 11) is 0. The van der Waals surface area contributed by atoms with E-state index in [1.807, 2.05) is 59.2 Å². The molecule has 3 aromatic rings. The largest absolute Gasteiger partial charge is 0.342 e. The van der Waals surface area contributed by atoms with Crippen molar-refractivity contribution in [2.24, 2.45) is 0 Å². The van der Waals surface area contributed by atoms with E-state index in [2.05, 4.69) is 22.4 Å². The van der Waals surface area contributed by atoms with Gasteiger partial charge in [-0.25, -0.2) is 4.98 Å². The molecular formula is C25H27N3O2S3. The number of rotatable bonds is 7. The van der Waals surface area contributed by atoms with E-state index in [0.29, 0.717) is 18.0 Å². The number of benzene rings is 2. The summed E-state index contributed by atoms with van der Waals surface area (Å²) in [5.41, 5.74) is 2.32. The van der Waals surface area contributed by atoms with Crippen molar-refractivity contribution in [3.8, 4) is 0 Å². The number of piperidine rings is 1. The molecule has 0 radical (unpaired) electrons. The van der Waals surface area contributed by atoms with E-state index in [0.717, 1.165) is 47.1 Å². The number of carbonyl (C=O) groups is 2. The van der Waals surface area contributed by atoms with Gasteiger partial charge in [-0.15, -0.1) is 34.9 Å². The van der Waals surface area contributed by atoms with Crippen LogP contribution in [0.5, 0.6) is 0 Å². The van der Waals surface area contributed by atoms with Crippen molar-refractivity contribution in [1.82, 2.24) is 9.88 Å². The van der Waals surface area contributed by atoms with Crippen LogP contribution in [0.4, 0.5) is 5.69 Å². The highest BCUT2D eigenvalue weighted by Gasteiger charge is 2.26. The first kappa shape index (κ1) is 23.9. The third-order valence-electron chi connectivity index (χ3n) is 5.82. The Balaban J connectivity index is 1.31. The molecule has 1 aliphatic rings. The van der Waals surface area contributed by atoms with Crippen LogP contribution in [-0.2, 0) is 11.2 Å². The van der Waals surface area contributed by atoms with Gasteiger partial charge in [0.25, 0.3) is 5.91 Å². The van der Waals surface area contributed by atoms with Crippen molar-refractivity contribution in [2.75, 3.05) is 30.9 Å². The number of likely N-dealkylation sites (tertiary alicyclic amines) is 1. The Morgan fingerprint density at radius 2 is 1.79 bits per heavy atom. The monoisotopic (exact) mass is 497 g/mol. The van der Waals surface area contributed by atoms with Crippen LogP contribution < -0.4 is 5.32 Å². The zero-order valence-electron chi connectivity index (χ0n) is 18.7. The van der Waals surface area contributed by atoms with Gasteiger partial charge >= 0.3 is 0 Å². The summed E-state index contributed by atoms with van der Waals surface area (Å²) in [5, 5.41) is 5.80. The standard InChI is InChI=1S/C25H27N3O2S3/c1-31-19-9-7-17(8-10-19)15-23(29)28-13-11-18(12-14-28)25-27-21(16-33-25)24(30)26-20-5-3-4-6-22(20)32-2/h3-10,16,18H,11-15H2,1-2H3,(H,26,30). The molecule has 1 aromatic heterocycles. The van der Waals surface area contributed by atoms with Crippen LogP contribution in [0, 0.1) is 0 Å². The summed E-state index contributed by atoms with van der Waals surface area (Å²) in [4.78, 5) is 34.3. The Kier molecular flexibility index (Phi) is 8.11. The molecular weight excluding hydrogens is 470 g/mol. The van der Waals surface area contributed by atoms with Crippen molar-refractivity contribution < 1.29 is 9.59 Å². The average Bonchev–Trinajstić information content (AvgIpc) is 3.35. The normalized spacial score (nSPS) is 14.3. The lowest BCUT2D eigenvalue weighted by molar-refractivity contribution is -0.131. The SMILES string of the molecule is CSc1ccc(CC(=O)N2CCC(c3nc(C(=O)Nc4ccccc4SC)cs3)CC2)cc1. The van der Waals surface area contributed by atoms with Gasteiger partial charge in [0.05, 0.1) is 17.1 Å². The molecule has 5 nitrogen and oxygen atoms in total. The predicted octanol–water partition coefficient (Wildman–Crippen LogP) is 5.79. The van der Waals surface area contributed by atoms with Crippen LogP contribution in [0.15, 0.2) is 63.7 Å². The fourth-order valence-corrected chi connectivity index (χ4v) is 5.85. The molecule has 8 heteroatoms. The number of nitrogens with zero attached hydrogens (tertiary/aromatic N) is 2. The molecule has 0 atom stereocenters. The molecule has 172 valence electrons. The van der Waals surface area contributed by atoms with E-state index in [1.54, 1.807) is 23.5 Å². The summed E-state index contributed by atoms with van der Waals surface area (Å²) in [6.07, 6.45) is 6.23. The molecule has 1 N–H and O–H groups in total. The number of amides is 2. The van der Waals surface area contributed by atoms with E-state index in [1.165, 1.54) is 16.2 Å². The fourth-order valence-electron chi connectivity index (χ4n) is 3.92. The predicted molar refractivity (Wildman–Crippen MR) is 139 cm³/mol. The molecule has 2 amide bonds. The Hall–Kier alpha value is -2.29. The number of hydrogen-bond donors (Lipinski definition) is 1. The summed E-state index contributed by atoms with van der Waals surface area (Å²) in [5.74, 6) is 0.288. The maximum atomic E-state index is 12.7. The lowest BCUT2D eigenvalue weighted by Crippen LogP contribution is -2.38. The topological polar surface area (TPSA) is 62.3 Å². The molecule has 2 aromatic carbocycles. The molecule has 0 spiro atoms. The number of hydrogen-bond acceptors (Lipinski definition) is 6. The quantitative estimate of drug-likeness (QED) is 0.419. The van der Waals surface area contributed by atoms with Crippen LogP contribution in [0.3, 0.4) is 0 Å². The van der Waals surface area contributed by atoms with E-state index >= 15 is 0 Å². The first-order chi connectivity index (χ1) is 16.1. The lowest BCUT2D eigenvalue weighted by Gasteiger charge is -2.31. The summed E-state index contributed by atoms with van der Waals surface area (Å²) >= 11 is 4.84. The van der Waals surface area contributed by atoms with Gasteiger partial charge in [0.1, 0.15) is 5.69 Å². The third kappa shape index (κ3) is 5.99. The second-order valence-electron chi connectivity index (χ2n) is 7.91. The fraction of sp³-hybridized carbons (Fsp3) is 0.320. The third-order valence-corrected chi connectivity index (χ3v) is 8.37. The highest BCUT2D eigenvalue weighted by atomic mass is 32.2. The van der Waals surface area contributed by atoms with E-state index in [4.69, 9.17) is 0 Å². The zero-order valence-corrected chi connectivity index (χ0v) is 21.2. The zero-order chi connectivity index (χ0) is 23.2. The number of thiazole rings is 1. The number of nitrogens with one attached hydrogen (secondary N) is 1. The average molecular weight is 498 g/mol. The Morgan fingerprint density at radius 1 is 1.06 bits per heavy atom. The second kappa shape index (κ2) is 11.2. The van der Waals surface area contributed by atoms with Crippen LogP contribution in [0.25, 0.3) is 0 Å². The Morgan fingerprint density at radius 3 is 2.48 bits per heavy atom. The van der Waals surface area contributed by atoms with Gasteiger partial charge in [-0.3, -0.25) is 9.59 Å². The molecule has 0 saturated carbocycles. The van der Waals surface area contributed by atoms with Gasteiger partial charge in [0, 0.05) is 34.2 Å². The molecule has 1 saturated heterocycles. The van der Waals surface area contributed by atoms with Gasteiger partial charge < -0.3 is 10.2 Å². The lowest BCUT2D eigenvalue weighted by atomic mass is 9.97. The second-order valence-corrected chi connectivity index (χ2v) is 10.5. The minimum Gasteiger partial charge on any atom is -0.342 e. The van der Waals surface area contributed by atoms with Crippen LogP contribution >= 0.6 is 34.9 Å². The molecule has 2 heterocycles. The first-order valence-electron chi connectivity index (χ1n) is 10.9. The van der Waals surface area contributed by atoms with Gasteiger partial charge in [-0.05, 0) is 55.2 Å². The minimum atomic E-state index is -0.181. The molecule has 4 rings (SSSR count). The highest BCUT2D eigenvalue weighted by molar-refractivity contribution is 7.99. The molecule has 1 fully saturated rings. The summed E-state index contributed by atoms with van der Waals surface area (Å²) < 4.78 is 0. The summed E-state index contributed by atoms with van der Waals surface area (Å²) in [6.45, 7) is 1.46. The van der Waals surface area contributed by atoms with Gasteiger partial charge in [-0.1, -0.05) is 24.3 Å². The number of aromatic nitrogens is 1. The van der Waals surface area contributed by atoms with Crippen LogP contribution in [0.2, 0.25) is 0 Å². The van der Waals surface area contributed by atoms with E-state index in [-0.39, 0.29) is 11.8 Å². The van der Waals surface area contributed by atoms with Crippen molar-refractivity contribution in [3.63, 3.8) is 0 Å². The number of thioether (sulfide) groups is 2. The van der Waals surface area contributed by atoms with Crippen molar-refractivity contribution in [2.45, 2.75) is 35.0 Å². The van der Waals surface area contributed by atoms with Crippen molar-refractivity contribution in [3.05, 3.63) is 70.2 Å². The van der Waals surface area contributed by atoms with Crippen molar-refractivity contribution in [1.29, 1.82) is 0 Å². The Bertz CT molecular complexity index is 1110. The molecule has 0 aliphatic carbocycles. The molecule has 1 aliphatic heterocycles. The highest BCUT2D eigenvalue weighted by Crippen LogP contribution is 2.31. The smallest absolute Gasteiger partial charge is 0.275 e. The maximum absolute atomic E-state index is 12.7. The van der Waals surface area contributed by atoms with E-state index < -0.39 is 0 Å². The first-order valence-corrected chi connectivity index (χ1v) is 14.2. The number of carbonyl (C=O) groups excluding carboxylic acids is 2. The maximum Gasteiger partial charge on any atom is 0.275 e. The minimum absolute atomic E-state index is 0.178. The van der Waals surface area contributed by atoms with Gasteiger partial charge in [0.15, 0.2) is 0 Å². The van der Waals surface area contributed by atoms with Gasteiger partial charge in [0.2, 0.25) is 5.91 Å². The summed E-state index contributed by atoms with van der Waals surface area (Å²) in [6, 6.07) is 16.0. The van der Waals surface area contributed by atoms with E-state index in [9.17, 15) is 9.59 Å². The number of para-hydroxylation sites is 1. The van der Waals surface area contributed by atoms with Crippen LogP contribution in [-0.4, -0.2) is 47.3 Å². The van der Waals surface area contributed by atoms with Crippen LogP contribution in [0.1, 0.15) is 39.8 Å². The molecule has 33 heavy (non-hydrogen) atoms. The number of anilines is 1. The molecule has 0 unspecified atom stereocenters. The van der Waals surface area contributed by atoms with Crippen molar-refractivity contribution >= 4 is 52.4 Å². The Labute approximate surface area is 207 Å². The van der Waals surface area contributed by atoms with Gasteiger partial charge in [-0.2, -0.15) is 0 Å².